The molecule has 0 radical (unpaired) electrons. The first-order valence-electron chi connectivity index (χ1n) is 6.66. The fraction of sp³-hybridized carbons (Fsp3) is 0.846. The molecule has 3 N–H and O–H groups in total. The highest BCUT2D eigenvalue weighted by atomic mass is 16.5. The van der Waals surface area contributed by atoms with E-state index in [4.69, 9.17) is 14.9 Å². The maximum atomic E-state index is 12.2. The first-order chi connectivity index (χ1) is 9.06. The van der Waals surface area contributed by atoms with Crippen LogP contribution in [0.15, 0.2) is 0 Å². The molecular formula is C13H24N2O5. The second kappa shape index (κ2) is 5.97. The van der Waals surface area contributed by atoms with Gasteiger partial charge in [0.25, 0.3) is 0 Å². The van der Waals surface area contributed by atoms with E-state index in [2.05, 4.69) is 5.32 Å². The first-order valence-corrected chi connectivity index (χ1v) is 6.66. The summed E-state index contributed by atoms with van der Waals surface area (Å²) in [5.74, 6) is -1.15. The van der Waals surface area contributed by atoms with Crippen molar-refractivity contribution in [1.82, 2.24) is 10.2 Å². The Morgan fingerprint density at radius 1 is 1.25 bits per heavy atom. The van der Waals surface area contributed by atoms with Crippen LogP contribution in [-0.2, 0) is 9.53 Å². The standard InChI is InChI=1S/C13H24N2O5/c1-12(2)7-15(8-13(3,4)20-12)11(19)14-9(5-6-16)10(17)18/h9,16H,5-8H2,1-4H3,(H,14,19)(H,17,18)/t9-/m0/s1. The number of nitrogens with zero attached hydrogens (tertiary/aromatic N) is 1. The number of rotatable bonds is 4. The van der Waals surface area contributed by atoms with Crippen LogP contribution >= 0.6 is 0 Å². The van der Waals surface area contributed by atoms with Crippen LogP contribution in [0.5, 0.6) is 0 Å². The summed E-state index contributed by atoms with van der Waals surface area (Å²) < 4.78 is 5.86. The second-order valence-electron chi connectivity index (χ2n) is 6.33. The van der Waals surface area contributed by atoms with Crippen molar-refractivity contribution in [2.24, 2.45) is 0 Å². The molecule has 0 spiro atoms. The molecule has 1 rings (SSSR count). The number of amides is 2. The van der Waals surface area contributed by atoms with Crippen molar-refractivity contribution in [2.75, 3.05) is 19.7 Å². The number of ether oxygens (including phenoxy) is 1. The highest BCUT2D eigenvalue weighted by Gasteiger charge is 2.40. The molecule has 0 aromatic heterocycles. The largest absolute Gasteiger partial charge is 0.480 e. The number of aliphatic hydroxyl groups excluding tert-OH is 1. The molecule has 20 heavy (non-hydrogen) atoms. The number of carbonyl (C=O) groups is 2. The lowest BCUT2D eigenvalue weighted by atomic mass is 9.99. The summed E-state index contributed by atoms with van der Waals surface area (Å²) in [5, 5.41) is 20.2. The van der Waals surface area contributed by atoms with Gasteiger partial charge in [0.1, 0.15) is 6.04 Å². The van der Waals surface area contributed by atoms with E-state index in [1.165, 1.54) is 0 Å². The maximum absolute atomic E-state index is 12.2. The normalized spacial score (nSPS) is 22.1. The molecule has 0 aromatic carbocycles. The molecule has 0 aromatic rings. The van der Waals surface area contributed by atoms with Crippen molar-refractivity contribution in [1.29, 1.82) is 0 Å². The van der Waals surface area contributed by atoms with Crippen LogP contribution in [0.1, 0.15) is 34.1 Å². The summed E-state index contributed by atoms with van der Waals surface area (Å²) in [7, 11) is 0. The van der Waals surface area contributed by atoms with Crippen LogP contribution in [0, 0.1) is 0 Å². The fourth-order valence-electron chi connectivity index (χ4n) is 2.56. The van der Waals surface area contributed by atoms with Crippen LogP contribution in [-0.4, -0.2) is 64.1 Å². The van der Waals surface area contributed by atoms with Crippen molar-refractivity contribution in [2.45, 2.75) is 51.4 Å². The Kier molecular flexibility index (Phi) is 4.99. The van der Waals surface area contributed by atoms with Gasteiger partial charge in [0.15, 0.2) is 0 Å². The Labute approximate surface area is 118 Å². The predicted octanol–water partition coefficient (Wildman–Crippen LogP) is 0.421. The van der Waals surface area contributed by atoms with E-state index in [0.717, 1.165) is 0 Å². The van der Waals surface area contributed by atoms with E-state index in [1.807, 2.05) is 27.7 Å². The van der Waals surface area contributed by atoms with E-state index in [9.17, 15) is 9.59 Å². The van der Waals surface area contributed by atoms with Crippen molar-refractivity contribution in [3.05, 3.63) is 0 Å². The van der Waals surface area contributed by atoms with E-state index < -0.39 is 29.2 Å². The zero-order chi connectivity index (χ0) is 15.6. The second-order valence-corrected chi connectivity index (χ2v) is 6.33. The Bertz CT molecular complexity index is 365. The molecule has 0 bridgehead atoms. The number of carboxylic acid groups (broad SMARTS) is 1. The van der Waals surface area contributed by atoms with E-state index in [0.29, 0.717) is 13.1 Å². The zero-order valence-electron chi connectivity index (χ0n) is 12.5. The minimum atomic E-state index is -1.15. The third-order valence-electron chi connectivity index (χ3n) is 3.00. The van der Waals surface area contributed by atoms with Gasteiger partial charge < -0.3 is 25.2 Å². The summed E-state index contributed by atoms with van der Waals surface area (Å²) in [6.45, 7) is 8.01. The molecule has 0 aliphatic carbocycles. The summed E-state index contributed by atoms with van der Waals surface area (Å²) in [4.78, 5) is 24.7. The average Bonchev–Trinajstić information content (AvgIpc) is 2.23. The van der Waals surface area contributed by atoms with E-state index in [-0.39, 0.29) is 13.0 Å². The van der Waals surface area contributed by atoms with Crippen molar-refractivity contribution in [3.63, 3.8) is 0 Å². The van der Waals surface area contributed by atoms with Crippen molar-refractivity contribution in [3.8, 4) is 0 Å². The monoisotopic (exact) mass is 288 g/mol. The molecular weight excluding hydrogens is 264 g/mol. The van der Waals surface area contributed by atoms with Gasteiger partial charge >= 0.3 is 12.0 Å². The van der Waals surface area contributed by atoms with Crippen LogP contribution in [0.25, 0.3) is 0 Å². The number of aliphatic hydroxyl groups is 1. The van der Waals surface area contributed by atoms with Gasteiger partial charge in [-0.1, -0.05) is 0 Å². The fourth-order valence-corrected chi connectivity index (χ4v) is 2.56. The molecule has 1 heterocycles. The molecule has 0 unspecified atom stereocenters. The van der Waals surface area contributed by atoms with Gasteiger partial charge in [-0.3, -0.25) is 0 Å². The summed E-state index contributed by atoms with van der Waals surface area (Å²) in [6.07, 6.45) is -0.0157. The molecule has 0 saturated carbocycles. The van der Waals surface area contributed by atoms with E-state index >= 15 is 0 Å². The van der Waals surface area contributed by atoms with Crippen LogP contribution in [0.2, 0.25) is 0 Å². The number of nitrogens with one attached hydrogen (secondary N) is 1. The van der Waals surface area contributed by atoms with Gasteiger partial charge in [0.2, 0.25) is 0 Å². The van der Waals surface area contributed by atoms with Gasteiger partial charge in [-0.15, -0.1) is 0 Å². The van der Waals surface area contributed by atoms with Gasteiger partial charge in [-0.05, 0) is 27.7 Å². The zero-order valence-corrected chi connectivity index (χ0v) is 12.5. The van der Waals surface area contributed by atoms with E-state index in [1.54, 1.807) is 4.90 Å². The van der Waals surface area contributed by atoms with Gasteiger partial charge in [-0.25, -0.2) is 9.59 Å². The van der Waals surface area contributed by atoms with Crippen LogP contribution in [0.4, 0.5) is 4.79 Å². The number of aliphatic carboxylic acids is 1. The Morgan fingerprint density at radius 3 is 2.15 bits per heavy atom. The Morgan fingerprint density at radius 2 is 1.75 bits per heavy atom. The van der Waals surface area contributed by atoms with Gasteiger partial charge in [0, 0.05) is 13.0 Å². The number of morpholine rings is 1. The molecule has 1 atom stereocenters. The molecule has 7 nitrogen and oxygen atoms in total. The van der Waals surface area contributed by atoms with Crippen molar-refractivity contribution >= 4 is 12.0 Å². The van der Waals surface area contributed by atoms with Crippen LogP contribution < -0.4 is 5.32 Å². The molecule has 2 amide bonds. The Balaban J connectivity index is 2.73. The van der Waals surface area contributed by atoms with Gasteiger partial charge in [0.05, 0.1) is 24.3 Å². The quantitative estimate of drug-likeness (QED) is 0.696. The predicted molar refractivity (Wildman–Crippen MR) is 72.5 cm³/mol. The SMILES string of the molecule is CC1(C)CN(C(=O)N[C@@H](CCO)C(=O)O)CC(C)(C)O1. The highest BCUT2D eigenvalue weighted by Crippen LogP contribution is 2.27. The molecule has 1 aliphatic rings. The third-order valence-corrected chi connectivity index (χ3v) is 3.00. The number of hydrogen-bond donors (Lipinski definition) is 3. The first kappa shape index (κ1) is 16.7. The lowest BCUT2D eigenvalue weighted by Gasteiger charge is -2.47. The maximum Gasteiger partial charge on any atom is 0.326 e. The lowest BCUT2D eigenvalue weighted by Crippen LogP contribution is -2.61. The number of hydrogen-bond acceptors (Lipinski definition) is 4. The molecule has 1 aliphatic heterocycles. The minimum absolute atomic E-state index is 0.0157. The smallest absolute Gasteiger partial charge is 0.326 e. The summed E-state index contributed by atoms with van der Waals surface area (Å²) in [5.41, 5.74) is -0.983. The topological polar surface area (TPSA) is 99.1 Å². The third kappa shape index (κ3) is 4.64. The summed E-state index contributed by atoms with van der Waals surface area (Å²) in [6, 6.07) is -1.53. The van der Waals surface area contributed by atoms with Gasteiger partial charge in [-0.2, -0.15) is 0 Å². The number of urea groups is 1. The lowest BCUT2D eigenvalue weighted by molar-refractivity contribution is -0.170. The molecule has 116 valence electrons. The summed E-state index contributed by atoms with van der Waals surface area (Å²) >= 11 is 0. The van der Waals surface area contributed by atoms with Crippen molar-refractivity contribution < 1.29 is 24.5 Å². The minimum Gasteiger partial charge on any atom is -0.480 e. The molecule has 1 fully saturated rings. The molecule has 7 heteroatoms. The van der Waals surface area contributed by atoms with Crippen LogP contribution in [0.3, 0.4) is 0 Å². The molecule has 1 saturated heterocycles. The highest BCUT2D eigenvalue weighted by molar-refractivity contribution is 5.82. The number of carbonyl (C=O) groups excluding carboxylic acids is 1. The Hall–Kier alpha value is -1.34. The number of carboxylic acids is 1. The average molecular weight is 288 g/mol.